The van der Waals surface area contributed by atoms with Gasteiger partial charge in [-0.3, -0.25) is 4.79 Å². The molecule has 0 radical (unpaired) electrons. The summed E-state index contributed by atoms with van der Waals surface area (Å²) in [4.78, 5) is 17.2. The van der Waals surface area contributed by atoms with Crippen LogP contribution in [-0.2, 0) is 4.84 Å². The molecule has 1 atom stereocenters. The van der Waals surface area contributed by atoms with E-state index in [0.717, 1.165) is 5.56 Å². The second-order valence-electron chi connectivity index (χ2n) is 6.24. The normalized spacial score (nSPS) is 15.2. The maximum absolute atomic E-state index is 12.6. The van der Waals surface area contributed by atoms with Crippen molar-refractivity contribution >= 4 is 12.1 Å². The minimum absolute atomic E-state index is 0.0392. The summed E-state index contributed by atoms with van der Waals surface area (Å²) in [5.74, 6) is 0.507. The van der Waals surface area contributed by atoms with E-state index in [1.54, 1.807) is 6.21 Å². The molecule has 1 aliphatic rings. The first kappa shape index (κ1) is 16.2. The lowest BCUT2D eigenvalue weighted by Crippen LogP contribution is -2.29. The minimum atomic E-state index is -0.0392. The van der Waals surface area contributed by atoms with Crippen LogP contribution in [-0.4, -0.2) is 19.2 Å². The molecule has 0 spiro atoms. The molecule has 1 amide bonds. The maximum Gasteiger partial charge on any atom is 0.251 e. The summed E-state index contributed by atoms with van der Waals surface area (Å²) in [5.41, 5.74) is 3.96. The van der Waals surface area contributed by atoms with Gasteiger partial charge in [0.1, 0.15) is 7.11 Å². The van der Waals surface area contributed by atoms with Gasteiger partial charge in [-0.2, -0.15) is 0 Å². The van der Waals surface area contributed by atoms with E-state index in [-0.39, 0.29) is 11.9 Å². The van der Waals surface area contributed by atoms with Crippen LogP contribution in [0.15, 0.2) is 53.7 Å². The second kappa shape index (κ2) is 7.30. The molecule has 0 aromatic heterocycles. The van der Waals surface area contributed by atoms with E-state index in [1.807, 2.05) is 24.3 Å². The molecule has 2 aromatic rings. The SMILES string of the molecule is CO/N=C/c1ccc(C(=O)NC(c2ccc(C)cc2)C2CC2)cc1. The van der Waals surface area contributed by atoms with Crippen LogP contribution >= 0.6 is 0 Å². The maximum atomic E-state index is 12.6. The number of amides is 1. The van der Waals surface area contributed by atoms with Crippen molar-refractivity contribution in [2.75, 3.05) is 7.11 Å². The molecule has 0 aliphatic heterocycles. The first-order chi connectivity index (χ1) is 11.7. The van der Waals surface area contributed by atoms with E-state index in [0.29, 0.717) is 11.5 Å². The fraction of sp³-hybridized carbons (Fsp3) is 0.300. The number of aryl methyl sites for hydroxylation is 1. The van der Waals surface area contributed by atoms with Crippen LogP contribution in [0.4, 0.5) is 0 Å². The largest absolute Gasteiger partial charge is 0.399 e. The summed E-state index contributed by atoms with van der Waals surface area (Å²) >= 11 is 0. The molecule has 3 rings (SSSR count). The Hall–Kier alpha value is -2.62. The molecular weight excluding hydrogens is 300 g/mol. The first-order valence-corrected chi connectivity index (χ1v) is 8.21. The van der Waals surface area contributed by atoms with Gasteiger partial charge in [-0.25, -0.2) is 0 Å². The Labute approximate surface area is 142 Å². The molecule has 4 nitrogen and oxygen atoms in total. The van der Waals surface area contributed by atoms with Gasteiger partial charge in [0.2, 0.25) is 0 Å². The summed E-state index contributed by atoms with van der Waals surface area (Å²) in [6.07, 6.45) is 3.96. The third kappa shape index (κ3) is 4.02. The van der Waals surface area contributed by atoms with Crippen molar-refractivity contribution in [3.05, 3.63) is 70.8 Å². The average molecular weight is 322 g/mol. The van der Waals surface area contributed by atoms with Crippen LogP contribution in [0.1, 0.15) is 45.9 Å². The van der Waals surface area contributed by atoms with E-state index < -0.39 is 0 Å². The highest BCUT2D eigenvalue weighted by molar-refractivity contribution is 5.95. The van der Waals surface area contributed by atoms with Gasteiger partial charge >= 0.3 is 0 Å². The van der Waals surface area contributed by atoms with Crippen molar-refractivity contribution in [2.45, 2.75) is 25.8 Å². The fourth-order valence-corrected chi connectivity index (χ4v) is 2.74. The van der Waals surface area contributed by atoms with Crippen molar-refractivity contribution in [1.29, 1.82) is 0 Å². The standard InChI is InChI=1S/C20H22N2O2/c1-14-3-7-16(8-4-14)19(17-11-12-17)22-20(23)18-9-5-15(6-10-18)13-21-24-2/h3-10,13,17,19H,11-12H2,1-2H3,(H,22,23)/b21-13+. The quantitative estimate of drug-likeness (QED) is 0.648. The zero-order valence-corrected chi connectivity index (χ0v) is 14.0. The Balaban J connectivity index is 1.71. The fourth-order valence-electron chi connectivity index (χ4n) is 2.74. The predicted molar refractivity (Wildman–Crippen MR) is 95.2 cm³/mol. The van der Waals surface area contributed by atoms with Gasteiger partial charge in [0.05, 0.1) is 12.3 Å². The van der Waals surface area contributed by atoms with Crippen LogP contribution < -0.4 is 5.32 Å². The monoisotopic (exact) mass is 322 g/mol. The summed E-state index contributed by atoms with van der Waals surface area (Å²) < 4.78 is 0. The zero-order valence-electron chi connectivity index (χ0n) is 14.0. The third-order valence-corrected chi connectivity index (χ3v) is 4.30. The molecule has 4 heteroatoms. The summed E-state index contributed by atoms with van der Waals surface area (Å²) in [7, 11) is 1.50. The highest BCUT2D eigenvalue weighted by atomic mass is 16.6. The second-order valence-corrected chi connectivity index (χ2v) is 6.24. The molecule has 1 unspecified atom stereocenters. The Bertz CT molecular complexity index is 716. The van der Waals surface area contributed by atoms with Gasteiger partial charge in [-0.05, 0) is 48.9 Å². The van der Waals surface area contributed by atoms with Crippen LogP contribution in [0, 0.1) is 12.8 Å². The smallest absolute Gasteiger partial charge is 0.251 e. The Kier molecular flexibility index (Phi) is 4.94. The number of carbonyl (C=O) groups is 1. The van der Waals surface area contributed by atoms with Crippen molar-refractivity contribution < 1.29 is 9.63 Å². The number of carbonyl (C=O) groups excluding carboxylic acids is 1. The van der Waals surface area contributed by atoms with E-state index in [9.17, 15) is 4.79 Å². The van der Waals surface area contributed by atoms with E-state index in [4.69, 9.17) is 0 Å². The number of rotatable bonds is 6. The zero-order chi connectivity index (χ0) is 16.9. The van der Waals surface area contributed by atoms with Crippen LogP contribution in [0.3, 0.4) is 0 Å². The topological polar surface area (TPSA) is 50.7 Å². The van der Waals surface area contributed by atoms with Crippen LogP contribution in [0.5, 0.6) is 0 Å². The van der Waals surface area contributed by atoms with Crippen molar-refractivity contribution in [1.82, 2.24) is 5.32 Å². The lowest BCUT2D eigenvalue weighted by Gasteiger charge is -2.19. The summed E-state index contributed by atoms with van der Waals surface area (Å²) in [5, 5.41) is 6.91. The van der Waals surface area contributed by atoms with Crippen molar-refractivity contribution in [3.8, 4) is 0 Å². The Morgan fingerprint density at radius 1 is 1.17 bits per heavy atom. The molecule has 0 heterocycles. The number of hydrogen-bond donors (Lipinski definition) is 1. The number of oxime groups is 1. The van der Waals surface area contributed by atoms with Gasteiger partial charge in [0, 0.05) is 5.56 Å². The lowest BCUT2D eigenvalue weighted by atomic mass is 10.0. The molecule has 0 bridgehead atoms. The summed E-state index contributed by atoms with van der Waals surface area (Å²) in [6.45, 7) is 2.07. The van der Waals surface area contributed by atoms with E-state index in [1.165, 1.54) is 31.1 Å². The number of nitrogens with zero attached hydrogens (tertiary/aromatic N) is 1. The predicted octanol–water partition coefficient (Wildman–Crippen LogP) is 3.86. The number of hydrogen-bond acceptors (Lipinski definition) is 3. The van der Waals surface area contributed by atoms with Crippen molar-refractivity contribution in [3.63, 3.8) is 0 Å². The van der Waals surface area contributed by atoms with Crippen LogP contribution in [0.2, 0.25) is 0 Å². The van der Waals surface area contributed by atoms with Gasteiger partial charge in [0.15, 0.2) is 0 Å². The van der Waals surface area contributed by atoms with Gasteiger partial charge < -0.3 is 10.2 Å². The molecule has 2 aromatic carbocycles. The Morgan fingerprint density at radius 2 is 1.83 bits per heavy atom. The van der Waals surface area contributed by atoms with Gasteiger partial charge in [-0.15, -0.1) is 0 Å². The van der Waals surface area contributed by atoms with Gasteiger partial charge in [0.25, 0.3) is 5.91 Å². The molecule has 1 aliphatic carbocycles. The average Bonchev–Trinajstić information content (AvgIpc) is 3.44. The third-order valence-electron chi connectivity index (χ3n) is 4.30. The van der Waals surface area contributed by atoms with E-state index in [2.05, 4.69) is 46.5 Å². The molecule has 1 saturated carbocycles. The van der Waals surface area contributed by atoms with Crippen molar-refractivity contribution in [2.24, 2.45) is 11.1 Å². The number of benzene rings is 2. The van der Waals surface area contributed by atoms with Crippen LogP contribution in [0.25, 0.3) is 0 Å². The molecule has 124 valence electrons. The van der Waals surface area contributed by atoms with Gasteiger partial charge in [-0.1, -0.05) is 47.1 Å². The molecule has 24 heavy (non-hydrogen) atoms. The van der Waals surface area contributed by atoms with E-state index >= 15 is 0 Å². The summed E-state index contributed by atoms with van der Waals surface area (Å²) in [6, 6.07) is 15.8. The minimum Gasteiger partial charge on any atom is -0.399 e. The number of nitrogens with one attached hydrogen (secondary N) is 1. The highest BCUT2D eigenvalue weighted by Gasteiger charge is 2.33. The molecular formula is C20H22N2O2. The molecule has 1 fully saturated rings. The molecule has 1 N–H and O–H groups in total. The molecule has 0 saturated heterocycles. The lowest BCUT2D eigenvalue weighted by molar-refractivity contribution is 0.0931. The highest BCUT2D eigenvalue weighted by Crippen LogP contribution is 2.41. The first-order valence-electron chi connectivity index (χ1n) is 8.21. The Morgan fingerprint density at radius 3 is 2.42 bits per heavy atom.